The summed E-state index contributed by atoms with van der Waals surface area (Å²) in [7, 11) is 1.76. The highest BCUT2D eigenvalue weighted by molar-refractivity contribution is 5.88. The van der Waals surface area contributed by atoms with Gasteiger partial charge < -0.3 is 19.8 Å². The topological polar surface area (TPSA) is 66.5 Å². The molecule has 0 amide bonds. The van der Waals surface area contributed by atoms with E-state index < -0.39 is 23.6 Å². The Morgan fingerprint density at radius 2 is 1.96 bits per heavy atom. The lowest BCUT2D eigenvalue weighted by Crippen LogP contribution is -2.34. The Balaban J connectivity index is 2.05. The quantitative estimate of drug-likeness (QED) is 0.669. The first kappa shape index (κ1) is 18.8. The number of halogens is 2. The minimum atomic E-state index is -0.892. The first-order valence-corrected chi connectivity index (χ1v) is 8.53. The normalized spacial score (nSPS) is 12.2. The number of hydrogen-bond acceptors (Lipinski definition) is 4. The van der Waals surface area contributed by atoms with Gasteiger partial charge in [0.05, 0.1) is 12.1 Å². The predicted octanol–water partition coefficient (Wildman–Crippen LogP) is 3.68. The number of carbonyl (C=O) groups is 1. The van der Waals surface area contributed by atoms with Crippen LogP contribution in [0.2, 0.25) is 0 Å². The SMILES string of the molecule is CCOC(=O)C(N)Cc1c(Oc2ccc(F)cc2F)n(C)c2ccccc12. The lowest BCUT2D eigenvalue weighted by atomic mass is 10.1. The van der Waals surface area contributed by atoms with Crippen LogP contribution < -0.4 is 10.5 Å². The number of para-hydroxylation sites is 1. The van der Waals surface area contributed by atoms with Crippen LogP contribution in [-0.2, 0) is 23.0 Å². The fourth-order valence-electron chi connectivity index (χ4n) is 2.99. The summed E-state index contributed by atoms with van der Waals surface area (Å²) >= 11 is 0. The molecule has 0 aliphatic carbocycles. The molecule has 0 aliphatic rings. The Hall–Kier alpha value is -2.93. The fraction of sp³-hybridized carbons (Fsp3) is 0.250. The Morgan fingerprint density at radius 1 is 1.22 bits per heavy atom. The Bertz CT molecular complexity index is 985. The van der Waals surface area contributed by atoms with Crippen LogP contribution in [0.3, 0.4) is 0 Å². The summed E-state index contributed by atoms with van der Waals surface area (Å²) in [6, 6.07) is 9.66. The molecule has 2 N–H and O–H groups in total. The van der Waals surface area contributed by atoms with E-state index in [0.29, 0.717) is 11.4 Å². The number of nitrogens with two attached hydrogens (primary N) is 1. The largest absolute Gasteiger partial charge is 0.465 e. The zero-order chi connectivity index (χ0) is 19.6. The summed E-state index contributed by atoms with van der Waals surface area (Å²) in [5, 5.41) is 0.831. The molecular weight excluding hydrogens is 354 g/mol. The summed E-state index contributed by atoms with van der Waals surface area (Å²) in [5.41, 5.74) is 7.47. The van der Waals surface area contributed by atoms with Gasteiger partial charge in [0, 0.05) is 30.5 Å². The number of esters is 1. The first-order chi connectivity index (χ1) is 12.9. The smallest absolute Gasteiger partial charge is 0.323 e. The number of rotatable bonds is 6. The van der Waals surface area contributed by atoms with Crippen molar-refractivity contribution in [3.63, 3.8) is 0 Å². The lowest BCUT2D eigenvalue weighted by Gasteiger charge is -2.13. The van der Waals surface area contributed by atoms with E-state index in [4.69, 9.17) is 15.2 Å². The van der Waals surface area contributed by atoms with Crippen molar-refractivity contribution < 1.29 is 23.0 Å². The molecule has 3 aromatic rings. The van der Waals surface area contributed by atoms with Crippen LogP contribution in [0.25, 0.3) is 10.9 Å². The van der Waals surface area contributed by atoms with Crippen molar-refractivity contribution >= 4 is 16.9 Å². The average Bonchev–Trinajstić information content (AvgIpc) is 2.90. The molecule has 0 aliphatic heterocycles. The van der Waals surface area contributed by atoms with Crippen molar-refractivity contribution in [2.24, 2.45) is 12.8 Å². The number of carbonyl (C=O) groups excluding carboxylic acids is 1. The highest BCUT2D eigenvalue weighted by Gasteiger charge is 2.24. The maximum atomic E-state index is 14.1. The Kier molecular flexibility index (Phi) is 5.41. The highest BCUT2D eigenvalue weighted by Crippen LogP contribution is 2.36. The van der Waals surface area contributed by atoms with Crippen molar-refractivity contribution in [3.8, 4) is 11.6 Å². The molecule has 3 rings (SSSR count). The third-order valence-electron chi connectivity index (χ3n) is 4.27. The van der Waals surface area contributed by atoms with E-state index in [2.05, 4.69) is 0 Å². The third-order valence-corrected chi connectivity index (χ3v) is 4.27. The lowest BCUT2D eigenvalue weighted by molar-refractivity contribution is -0.144. The van der Waals surface area contributed by atoms with Gasteiger partial charge in [-0.15, -0.1) is 0 Å². The summed E-state index contributed by atoms with van der Waals surface area (Å²) in [6.07, 6.45) is 0.151. The van der Waals surface area contributed by atoms with Gasteiger partial charge in [0.2, 0.25) is 5.88 Å². The number of nitrogens with zero attached hydrogens (tertiary/aromatic N) is 1. The highest BCUT2D eigenvalue weighted by atomic mass is 19.1. The second-order valence-electron chi connectivity index (χ2n) is 6.10. The number of aryl methyl sites for hydroxylation is 1. The van der Waals surface area contributed by atoms with Gasteiger partial charge in [0.1, 0.15) is 11.9 Å². The first-order valence-electron chi connectivity index (χ1n) is 8.53. The van der Waals surface area contributed by atoms with Crippen LogP contribution in [0.1, 0.15) is 12.5 Å². The van der Waals surface area contributed by atoms with Gasteiger partial charge in [-0.05, 0) is 25.1 Å². The number of aromatic nitrogens is 1. The number of ether oxygens (including phenoxy) is 2. The van der Waals surface area contributed by atoms with Crippen molar-refractivity contribution in [1.29, 1.82) is 0 Å². The van der Waals surface area contributed by atoms with Crippen LogP contribution in [0, 0.1) is 11.6 Å². The van der Waals surface area contributed by atoms with Crippen molar-refractivity contribution in [1.82, 2.24) is 4.57 Å². The van der Waals surface area contributed by atoms with Crippen LogP contribution in [0.4, 0.5) is 8.78 Å². The molecule has 1 unspecified atom stereocenters. The molecule has 1 heterocycles. The van der Waals surface area contributed by atoms with Gasteiger partial charge in [-0.1, -0.05) is 18.2 Å². The zero-order valence-corrected chi connectivity index (χ0v) is 15.0. The van der Waals surface area contributed by atoms with Gasteiger partial charge in [0.15, 0.2) is 11.6 Å². The molecule has 0 fully saturated rings. The van der Waals surface area contributed by atoms with Crippen molar-refractivity contribution in [3.05, 3.63) is 59.7 Å². The fourth-order valence-corrected chi connectivity index (χ4v) is 2.99. The maximum Gasteiger partial charge on any atom is 0.323 e. The van der Waals surface area contributed by atoms with Gasteiger partial charge in [0.25, 0.3) is 0 Å². The second-order valence-corrected chi connectivity index (χ2v) is 6.10. The van der Waals surface area contributed by atoms with E-state index in [9.17, 15) is 13.6 Å². The monoisotopic (exact) mass is 374 g/mol. The number of fused-ring (bicyclic) bond motifs is 1. The maximum absolute atomic E-state index is 14.1. The van der Waals surface area contributed by atoms with E-state index in [1.165, 1.54) is 6.07 Å². The summed E-state index contributed by atoms with van der Waals surface area (Å²) in [6.45, 7) is 1.93. The Morgan fingerprint density at radius 3 is 2.67 bits per heavy atom. The Labute approximate surface area is 155 Å². The standard InChI is InChI=1S/C20H20F2N2O3/c1-3-26-20(25)16(23)11-14-13-6-4-5-7-17(13)24(2)19(14)27-18-9-8-12(21)10-15(18)22/h4-10,16H,3,11,23H2,1-2H3. The molecule has 0 saturated heterocycles. The number of benzene rings is 2. The van der Waals surface area contributed by atoms with Crippen LogP contribution in [-0.4, -0.2) is 23.2 Å². The van der Waals surface area contributed by atoms with Gasteiger partial charge in [-0.2, -0.15) is 0 Å². The molecule has 27 heavy (non-hydrogen) atoms. The molecule has 5 nitrogen and oxygen atoms in total. The molecule has 1 atom stereocenters. The van der Waals surface area contributed by atoms with Crippen molar-refractivity contribution in [2.45, 2.75) is 19.4 Å². The summed E-state index contributed by atoms with van der Waals surface area (Å²) in [5.74, 6) is -1.82. The van der Waals surface area contributed by atoms with Crippen molar-refractivity contribution in [2.75, 3.05) is 6.61 Å². The molecule has 0 spiro atoms. The van der Waals surface area contributed by atoms with Gasteiger partial charge in [-0.25, -0.2) is 8.78 Å². The van der Waals surface area contributed by atoms with E-state index in [0.717, 1.165) is 23.0 Å². The molecule has 142 valence electrons. The molecular formula is C20H20F2N2O3. The van der Waals surface area contributed by atoms with E-state index in [-0.39, 0.29) is 18.8 Å². The number of hydrogen-bond donors (Lipinski definition) is 1. The van der Waals surface area contributed by atoms with E-state index >= 15 is 0 Å². The summed E-state index contributed by atoms with van der Waals surface area (Å²) in [4.78, 5) is 12.0. The molecule has 0 saturated carbocycles. The molecule has 2 aromatic carbocycles. The third kappa shape index (κ3) is 3.78. The molecule has 0 bridgehead atoms. The summed E-state index contributed by atoms with van der Waals surface area (Å²) < 4.78 is 39.7. The second kappa shape index (κ2) is 7.75. The van der Waals surface area contributed by atoms with Crippen LogP contribution in [0.15, 0.2) is 42.5 Å². The van der Waals surface area contributed by atoms with Gasteiger partial charge >= 0.3 is 5.97 Å². The minimum absolute atomic E-state index is 0.117. The van der Waals surface area contributed by atoms with Crippen LogP contribution in [0.5, 0.6) is 11.6 Å². The van der Waals surface area contributed by atoms with Crippen LogP contribution >= 0.6 is 0 Å². The van der Waals surface area contributed by atoms with Gasteiger partial charge in [-0.3, -0.25) is 4.79 Å². The molecule has 7 heteroatoms. The molecule has 1 aromatic heterocycles. The zero-order valence-electron chi connectivity index (χ0n) is 15.0. The molecule has 0 radical (unpaired) electrons. The van der Waals surface area contributed by atoms with E-state index in [1.807, 2.05) is 24.3 Å². The van der Waals surface area contributed by atoms with E-state index in [1.54, 1.807) is 18.5 Å². The predicted molar refractivity (Wildman–Crippen MR) is 97.7 cm³/mol. The minimum Gasteiger partial charge on any atom is -0.465 e. The average molecular weight is 374 g/mol.